The lowest BCUT2D eigenvalue weighted by Crippen LogP contribution is -2.35. The standard InChI is InChI=1S/C16H12N6O3/c1-21-10-6-8(2-3-11(10)25-7-12(21)23)22-13-9-4-5-17-14(9)19-20-15(13)18-16(22)24/h2-6H,7H2,1H3,(H,17,19)(H,18,20,24). The number of carbonyl (C=O) groups is 1. The number of aromatic amines is 2. The molecule has 1 aromatic carbocycles. The molecule has 1 amide bonds. The zero-order valence-electron chi connectivity index (χ0n) is 13.1. The van der Waals surface area contributed by atoms with E-state index in [0.29, 0.717) is 33.9 Å². The molecule has 5 rings (SSSR count). The number of amides is 1. The molecule has 0 bridgehead atoms. The molecule has 25 heavy (non-hydrogen) atoms. The molecular formula is C16H12N6O3. The molecule has 0 unspecified atom stereocenters. The number of ether oxygens (including phenoxy) is 1. The van der Waals surface area contributed by atoms with Gasteiger partial charge in [0.05, 0.1) is 11.4 Å². The second-order valence-corrected chi connectivity index (χ2v) is 5.80. The number of anilines is 1. The van der Waals surface area contributed by atoms with Crippen molar-refractivity contribution in [1.29, 1.82) is 0 Å². The molecule has 0 aliphatic carbocycles. The second kappa shape index (κ2) is 4.69. The van der Waals surface area contributed by atoms with Crippen LogP contribution in [0.25, 0.3) is 27.9 Å². The molecule has 9 heteroatoms. The fourth-order valence-corrected chi connectivity index (χ4v) is 3.12. The first-order chi connectivity index (χ1) is 12.1. The summed E-state index contributed by atoms with van der Waals surface area (Å²) < 4.78 is 6.96. The summed E-state index contributed by atoms with van der Waals surface area (Å²) >= 11 is 0. The molecule has 0 fully saturated rings. The fourth-order valence-electron chi connectivity index (χ4n) is 3.12. The summed E-state index contributed by atoms with van der Waals surface area (Å²) in [7, 11) is 1.68. The Morgan fingerprint density at radius 2 is 2.00 bits per heavy atom. The van der Waals surface area contributed by atoms with Crippen LogP contribution in [0, 0.1) is 0 Å². The molecule has 0 saturated heterocycles. The van der Waals surface area contributed by atoms with Gasteiger partial charge >= 0.3 is 5.69 Å². The number of H-pyrrole nitrogens is 2. The van der Waals surface area contributed by atoms with Crippen molar-refractivity contribution >= 4 is 33.8 Å². The molecule has 4 heterocycles. The smallest absolute Gasteiger partial charge is 0.332 e. The van der Waals surface area contributed by atoms with E-state index in [-0.39, 0.29) is 18.2 Å². The molecule has 1 aliphatic heterocycles. The van der Waals surface area contributed by atoms with Crippen LogP contribution in [0.1, 0.15) is 0 Å². The summed E-state index contributed by atoms with van der Waals surface area (Å²) in [6, 6.07) is 7.12. The second-order valence-electron chi connectivity index (χ2n) is 5.80. The number of imidazole rings is 1. The van der Waals surface area contributed by atoms with Crippen molar-refractivity contribution in [3.05, 3.63) is 40.9 Å². The molecule has 2 N–H and O–H groups in total. The van der Waals surface area contributed by atoms with Crippen molar-refractivity contribution in [3.63, 3.8) is 0 Å². The van der Waals surface area contributed by atoms with Crippen LogP contribution in [0.15, 0.2) is 35.3 Å². The van der Waals surface area contributed by atoms with Crippen molar-refractivity contribution in [3.8, 4) is 11.4 Å². The van der Waals surface area contributed by atoms with Crippen LogP contribution in [0.3, 0.4) is 0 Å². The van der Waals surface area contributed by atoms with Gasteiger partial charge in [-0.25, -0.2) is 4.79 Å². The molecule has 0 radical (unpaired) electrons. The van der Waals surface area contributed by atoms with Gasteiger partial charge in [-0.15, -0.1) is 10.2 Å². The van der Waals surface area contributed by atoms with Crippen molar-refractivity contribution in [1.82, 2.24) is 24.7 Å². The number of hydrogen-bond acceptors (Lipinski definition) is 5. The number of aromatic nitrogens is 5. The molecule has 0 atom stereocenters. The first-order valence-electron chi connectivity index (χ1n) is 7.62. The van der Waals surface area contributed by atoms with Gasteiger partial charge in [-0.1, -0.05) is 0 Å². The number of likely N-dealkylation sites (N-methyl/N-ethyl adjacent to an activating group) is 1. The minimum absolute atomic E-state index is 0.00937. The van der Waals surface area contributed by atoms with E-state index in [4.69, 9.17) is 4.74 Å². The van der Waals surface area contributed by atoms with Gasteiger partial charge in [-0.3, -0.25) is 14.3 Å². The minimum atomic E-state index is -0.330. The number of benzene rings is 1. The maximum atomic E-state index is 12.5. The highest BCUT2D eigenvalue weighted by Crippen LogP contribution is 2.33. The molecular weight excluding hydrogens is 324 g/mol. The van der Waals surface area contributed by atoms with Gasteiger partial charge in [-0.2, -0.15) is 0 Å². The van der Waals surface area contributed by atoms with Crippen molar-refractivity contribution < 1.29 is 9.53 Å². The summed E-state index contributed by atoms with van der Waals surface area (Å²) in [5, 5.41) is 8.88. The van der Waals surface area contributed by atoms with Crippen LogP contribution in [0.5, 0.6) is 5.75 Å². The zero-order chi connectivity index (χ0) is 17.1. The zero-order valence-corrected chi connectivity index (χ0v) is 13.1. The molecule has 0 saturated carbocycles. The first kappa shape index (κ1) is 13.8. The van der Waals surface area contributed by atoms with Crippen LogP contribution in [0.4, 0.5) is 5.69 Å². The lowest BCUT2D eigenvalue weighted by molar-refractivity contribution is -0.120. The van der Waals surface area contributed by atoms with E-state index in [1.54, 1.807) is 31.4 Å². The summed E-state index contributed by atoms with van der Waals surface area (Å²) in [6.45, 7) is 0.00937. The average molecular weight is 336 g/mol. The summed E-state index contributed by atoms with van der Waals surface area (Å²) in [4.78, 5) is 31.6. The normalized spacial score (nSPS) is 14.1. The Morgan fingerprint density at radius 1 is 1.16 bits per heavy atom. The number of rotatable bonds is 1. The number of fused-ring (bicyclic) bond motifs is 4. The third-order valence-electron chi connectivity index (χ3n) is 4.39. The largest absolute Gasteiger partial charge is 0.482 e. The van der Waals surface area contributed by atoms with Gasteiger partial charge in [0.2, 0.25) is 0 Å². The molecule has 3 aromatic heterocycles. The maximum Gasteiger partial charge on any atom is 0.332 e. The van der Waals surface area contributed by atoms with Gasteiger partial charge in [-0.05, 0) is 24.3 Å². The Balaban J connectivity index is 1.82. The number of carbonyl (C=O) groups excluding carboxylic acids is 1. The lowest BCUT2D eigenvalue weighted by atomic mass is 10.2. The van der Waals surface area contributed by atoms with Crippen molar-refractivity contribution in [2.75, 3.05) is 18.6 Å². The number of hydrogen-bond donors (Lipinski definition) is 2. The Kier molecular flexibility index (Phi) is 2.59. The van der Waals surface area contributed by atoms with E-state index in [2.05, 4.69) is 20.2 Å². The van der Waals surface area contributed by atoms with Crippen LogP contribution in [-0.2, 0) is 4.79 Å². The van der Waals surface area contributed by atoms with E-state index in [0.717, 1.165) is 5.39 Å². The van der Waals surface area contributed by atoms with Gasteiger partial charge in [0.15, 0.2) is 17.9 Å². The van der Waals surface area contributed by atoms with Gasteiger partial charge in [0.25, 0.3) is 5.91 Å². The topological polar surface area (TPSA) is 109 Å². The SMILES string of the molecule is CN1C(=O)COc2ccc(-n3c(=O)[nH]c4nnc5[nH]ccc5c43)cc21. The van der Waals surface area contributed by atoms with Crippen LogP contribution < -0.4 is 15.3 Å². The van der Waals surface area contributed by atoms with Crippen molar-refractivity contribution in [2.24, 2.45) is 0 Å². The lowest BCUT2D eigenvalue weighted by Gasteiger charge is -2.26. The molecule has 0 spiro atoms. The molecule has 9 nitrogen and oxygen atoms in total. The Morgan fingerprint density at radius 3 is 2.88 bits per heavy atom. The van der Waals surface area contributed by atoms with E-state index in [1.807, 2.05) is 6.07 Å². The van der Waals surface area contributed by atoms with E-state index in [1.165, 1.54) is 9.47 Å². The van der Waals surface area contributed by atoms with Gasteiger partial charge in [0, 0.05) is 18.6 Å². The highest BCUT2D eigenvalue weighted by molar-refractivity contribution is 6.00. The Labute approximate surface area is 139 Å². The highest BCUT2D eigenvalue weighted by atomic mass is 16.5. The third-order valence-corrected chi connectivity index (χ3v) is 4.39. The minimum Gasteiger partial charge on any atom is -0.482 e. The highest BCUT2D eigenvalue weighted by Gasteiger charge is 2.23. The maximum absolute atomic E-state index is 12.5. The summed E-state index contributed by atoms with van der Waals surface area (Å²) in [5.74, 6) is 0.458. The van der Waals surface area contributed by atoms with Crippen LogP contribution in [-0.4, -0.2) is 44.3 Å². The van der Waals surface area contributed by atoms with Crippen molar-refractivity contribution in [2.45, 2.75) is 0 Å². The van der Waals surface area contributed by atoms with E-state index in [9.17, 15) is 9.59 Å². The van der Waals surface area contributed by atoms with E-state index < -0.39 is 0 Å². The Hall–Kier alpha value is -3.62. The summed E-state index contributed by atoms with van der Waals surface area (Å²) in [6.07, 6.45) is 1.74. The average Bonchev–Trinajstić information content (AvgIpc) is 3.21. The fraction of sp³-hybridized carbons (Fsp3) is 0.125. The van der Waals surface area contributed by atoms with Gasteiger partial charge in [0.1, 0.15) is 11.3 Å². The quantitative estimate of drug-likeness (QED) is 0.538. The number of nitrogens with zero attached hydrogens (tertiary/aromatic N) is 4. The number of nitrogens with one attached hydrogen (secondary N) is 2. The predicted molar refractivity (Wildman–Crippen MR) is 90.2 cm³/mol. The summed E-state index contributed by atoms with van der Waals surface area (Å²) in [5.41, 5.74) is 2.51. The van der Waals surface area contributed by atoms with Crippen LogP contribution >= 0.6 is 0 Å². The monoisotopic (exact) mass is 336 g/mol. The van der Waals surface area contributed by atoms with Crippen LogP contribution in [0.2, 0.25) is 0 Å². The third kappa shape index (κ3) is 1.83. The molecule has 1 aliphatic rings. The molecule has 124 valence electrons. The first-order valence-corrected chi connectivity index (χ1v) is 7.62. The van der Waals surface area contributed by atoms with Gasteiger partial charge < -0.3 is 14.6 Å². The predicted octanol–water partition coefficient (Wildman–Crippen LogP) is 0.945. The molecule has 4 aromatic rings. The van der Waals surface area contributed by atoms with E-state index >= 15 is 0 Å². The Bertz CT molecular complexity index is 1220.